The fraction of sp³-hybridized carbons (Fsp3) is 0.500. The molecule has 1 N–H and O–H groups in total. The molecule has 5 nitrogen and oxygen atoms in total. The SMILES string of the molecule is C[C@H]1CN(c2ccc([N+](=O)O)cc2)CCN1C. The second-order valence-corrected chi connectivity index (χ2v) is 4.56. The lowest BCUT2D eigenvalue weighted by molar-refractivity contribution is -0.729. The summed E-state index contributed by atoms with van der Waals surface area (Å²) < 4.78 is 0. The molecule has 1 aromatic carbocycles. The first-order valence-corrected chi connectivity index (χ1v) is 5.79. The third-order valence-corrected chi connectivity index (χ3v) is 3.40. The van der Waals surface area contributed by atoms with Gasteiger partial charge in [-0.05, 0) is 26.1 Å². The number of rotatable bonds is 2. The van der Waals surface area contributed by atoms with E-state index in [1.165, 1.54) is 0 Å². The molecule has 0 radical (unpaired) electrons. The maximum absolute atomic E-state index is 10.7. The zero-order chi connectivity index (χ0) is 12.4. The molecule has 1 aromatic rings. The number of hydrogen-bond donors (Lipinski definition) is 1. The Morgan fingerprint density at radius 1 is 1.29 bits per heavy atom. The molecular weight excluding hydrogens is 218 g/mol. The van der Waals surface area contributed by atoms with Crippen LogP contribution in [-0.2, 0) is 0 Å². The van der Waals surface area contributed by atoms with Crippen LogP contribution < -0.4 is 4.90 Å². The molecule has 0 bridgehead atoms. The summed E-state index contributed by atoms with van der Waals surface area (Å²) in [4.78, 5) is 15.2. The van der Waals surface area contributed by atoms with E-state index < -0.39 is 0 Å². The van der Waals surface area contributed by atoms with Gasteiger partial charge in [0, 0.05) is 43.5 Å². The normalized spacial score (nSPS) is 21.5. The predicted octanol–water partition coefficient (Wildman–Crippen LogP) is 1.63. The third-order valence-electron chi connectivity index (χ3n) is 3.40. The first-order valence-electron chi connectivity index (χ1n) is 5.79. The van der Waals surface area contributed by atoms with Gasteiger partial charge in [0.05, 0.1) is 4.91 Å². The molecule has 1 fully saturated rings. The van der Waals surface area contributed by atoms with Gasteiger partial charge in [0.1, 0.15) is 0 Å². The van der Waals surface area contributed by atoms with E-state index in [-0.39, 0.29) is 10.6 Å². The zero-order valence-corrected chi connectivity index (χ0v) is 10.2. The van der Waals surface area contributed by atoms with Crippen LogP contribution in [0.5, 0.6) is 0 Å². The van der Waals surface area contributed by atoms with Gasteiger partial charge in [-0.2, -0.15) is 0 Å². The average Bonchev–Trinajstić information content (AvgIpc) is 2.33. The minimum atomic E-state index is -0.115. The van der Waals surface area contributed by atoms with Crippen molar-refractivity contribution in [3.63, 3.8) is 0 Å². The van der Waals surface area contributed by atoms with Crippen LogP contribution in [0.25, 0.3) is 0 Å². The molecule has 0 amide bonds. The summed E-state index contributed by atoms with van der Waals surface area (Å²) in [6.07, 6.45) is 0. The molecule has 1 saturated heterocycles. The molecule has 0 aliphatic carbocycles. The fourth-order valence-corrected chi connectivity index (χ4v) is 2.07. The lowest BCUT2D eigenvalue weighted by atomic mass is 10.1. The molecule has 0 saturated carbocycles. The molecule has 92 valence electrons. The van der Waals surface area contributed by atoms with Crippen LogP contribution in [0.3, 0.4) is 0 Å². The summed E-state index contributed by atoms with van der Waals surface area (Å²) >= 11 is 0. The molecule has 0 unspecified atom stereocenters. The number of anilines is 1. The van der Waals surface area contributed by atoms with E-state index in [4.69, 9.17) is 5.21 Å². The molecule has 0 spiro atoms. The Morgan fingerprint density at radius 2 is 1.94 bits per heavy atom. The van der Waals surface area contributed by atoms with E-state index in [0.717, 1.165) is 25.3 Å². The Hall–Kier alpha value is -1.62. The highest BCUT2D eigenvalue weighted by Crippen LogP contribution is 2.21. The third kappa shape index (κ3) is 2.55. The van der Waals surface area contributed by atoms with E-state index in [1.807, 2.05) is 12.1 Å². The van der Waals surface area contributed by atoms with Crippen LogP contribution in [0.2, 0.25) is 0 Å². The van der Waals surface area contributed by atoms with Gasteiger partial charge in [-0.15, -0.1) is 0 Å². The number of piperazine rings is 1. The molecule has 5 heteroatoms. The van der Waals surface area contributed by atoms with Crippen molar-refractivity contribution in [2.75, 3.05) is 31.6 Å². The standard InChI is InChI=1S/C12H18N3O2/c1-10-9-14(8-7-13(10)2)11-3-5-12(6-4-11)15(16)17/h3-6,10H,7-9H2,1-2H3,(H,16,17)/q+1/t10-/m0/s1. The van der Waals surface area contributed by atoms with Gasteiger partial charge in [0.25, 0.3) is 4.92 Å². The molecule has 1 heterocycles. The summed E-state index contributed by atoms with van der Waals surface area (Å²) in [6.45, 7) is 5.21. The Morgan fingerprint density at radius 3 is 2.47 bits per heavy atom. The maximum Gasteiger partial charge on any atom is 0.316 e. The van der Waals surface area contributed by atoms with Crippen LogP contribution in [0, 0.1) is 4.91 Å². The Labute approximate surface area is 101 Å². The first-order chi connectivity index (χ1) is 8.08. The maximum atomic E-state index is 10.7. The quantitative estimate of drug-likeness (QED) is 0.793. The highest BCUT2D eigenvalue weighted by Gasteiger charge is 2.21. The molecule has 2 rings (SSSR count). The van der Waals surface area contributed by atoms with Crippen molar-refractivity contribution in [3.8, 4) is 0 Å². The topological polar surface area (TPSA) is 46.8 Å². The van der Waals surface area contributed by atoms with Gasteiger partial charge in [0.15, 0.2) is 0 Å². The van der Waals surface area contributed by atoms with Crippen LogP contribution in [0.15, 0.2) is 24.3 Å². The average molecular weight is 236 g/mol. The molecule has 1 aliphatic rings. The van der Waals surface area contributed by atoms with Crippen LogP contribution in [0.1, 0.15) is 6.92 Å². The Kier molecular flexibility index (Phi) is 3.28. The van der Waals surface area contributed by atoms with E-state index >= 15 is 0 Å². The Bertz CT molecular complexity index is 405. The van der Waals surface area contributed by atoms with Gasteiger partial charge >= 0.3 is 5.69 Å². The summed E-state index contributed by atoms with van der Waals surface area (Å²) in [5.74, 6) is 0. The second-order valence-electron chi connectivity index (χ2n) is 4.56. The molecule has 17 heavy (non-hydrogen) atoms. The van der Waals surface area contributed by atoms with Crippen molar-refractivity contribution in [1.82, 2.24) is 4.90 Å². The van der Waals surface area contributed by atoms with Gasteiger partial charge in [-0.25, -0.2) is 5.21 Å². The van der Waals surface area contributed by atoms with Gasteiger partial charge in [-0.3, -0.25) is 0 Å². The van der Waals surface area contributed by atoms with Gasteiger partial charge in [-0.1, -0.05) is 0 Å². The van der Waals surface area contributed by atoms with Crippen LogP contribution in [0.4, 0.5) is 11.4 Å². The lowest BCUT2D eigenvalue weighted by Gasteiger charge is -2.38. The highest BCUT2D eigenvalue weighted by molar-refractivity contribution is 5.51. The minimum absolute atomic E-state index is 0.115. The largest absolute Gasteiger partial charge is 0.369 e. The number of hydrogen-bond acceptors (Lipinski definition) is 3. The molecular formula is C12H18N3O2+. The summed E-state index contributed by atoms with van der Waals surface area (Å²) in [5.41, 5.74) is 1.35. The fourth-order valence-electron chi connectivity index (χ4n) is 2.07. The minimum Gasteiger partial charge on any atom is -0.369 e. The van der Waals surface area contributed by atoms with Crippen molar-refractivity contribution < 1.29 is 10.1 Å². The van der Waals surface area contributed by atoms with Gasteiger partial charge < -0.3 is 9.80 Å². The van der Waals surface area contributed by atoms with Crippen molar-refractivity contribution in [2.24, 2.45) is 0 Å². The van der Waals surface area contributed by atoms with E-state index in [0.29, 0.717) is 6.04 Å². The number of benzene rings is 1. The van der Waals surface area contributed by atoms with Crippen molar-refractivity contribution in [2.45, 2.75) is 13.0 Å². The summed E-state index contributed by atoms with van der Waals surface area (Å²) in [6, 6.07) is 7.52. The van der Waals surface area contributed by atoms with E-state index in [2.05, 4.69) is 23.8 Å². The smallest absolute Gasteiger partial charge is 0.316 e. The first kappa shape index (κ1) is 11.9. The molecule has 1 atom stereocenters. The van der Waals surface area contributed by atoms with Gasteiger partial charge in [0.2, 0.25) is 0 Å². The van der Waals surface area contributed by atoms with E-state index in [9.17, 15) is 4.91 Å². The zero-order valence-electron chi connectivity index (χ0n) is 10.2. The predicted molar refractivity (Wildman–Crippen MR) is 65.8 cm³/mol. The van der Waals surface area contributed by atoms with E-state index in [1.54, 1.807) is 12.1 Å². The summed E-state index contributed by atoms with van der Waals surface area (Å²) in [5, 5.41) is 8.76. The van der Waals surface area contributed by atoms with Crippen molar-refractivity contribution in [3.05, 3.63) is 29.2 Å². The summed E-state index contributed by atoms with van der Waals surface area (Å²) in [7, 11) is 2.13. The van der Waals surface area contributed by atoms with Crippen LogP contribution >= 0.6 is 0 Å². The van der Waals surface area contributed by atoms with Crippen molar-refractivity contribution in [1.29, 1.82) is 0 Å². The number of likely N-dealkylation sites (N-methyl/N-ethyl adjacent to an activating group) is 1. The van der Waals surface area contributed by atoms with Crippen molar-refractivity contribution >= 4 is 11.4 Å². The Balaban J connectivity index is 2.10. The molecule has 0 aromatic heterocycles. The van der Waals surface area contributed by atoms with Crippen LogP contribution in [-0.4, -0.2) is 47.8 Å². The second kappa shape index (κ2) is 4.71. The number of nitrogens with zero attached hydrogens (tertiary/aromatic N) is 3. The molecule has 1 aliphatic heterocycles. The monoisotopic (exact) mass is 236 g/mol. The highest BCUT2D eigenvalue weighted by atomic mass is 16.6. The lowest BCUT2D eigenvalue weighted by Crippen LogP contribution is -2.50.